The molecular weight excluding hydrogens is 554 g/mol. The summed E-state index contributed by atoms with van der Waals surface area (Å²) in [5.74, 6) is -1.36. The fourth-order valence-electron chi connectivity index (χ4n) is 4.62. The largest absolute Gasteiger partial charge is 0.416 e. The van der Waals surface area contributed by atoms with Gasteiger partial charge in [0.15, 0.2) is 0 Å². The van der Waals surface area contributed by atoms with Gasteiger partial charge in [0.25, 0.3) is 11.8 Å². The molecule has 3 atom stereocenters. The molecule has 1 aliphatic rings. The van der Waals surface area contributed by atoms with E-state index in [1.165, 1.54) is 19.3 Å². The highest BCUT2D eigenvalue weighted by molar-refractivity contribution is 5.95. The van der Waals surface area contributed by atoms with Crippen LogP contribution in [0.25, 0.3) is 11.3 Å². The first-order valence-electron chi connectivity index (χ1n) is 12.6. The third-order valence-corrected chi connectivity index (χ3v) is 6.44. The van der Waals surface area contributed by atoms with E-state index in [1.807, 2.05) is 13.8 Å². The average molecular weight is 581 g/mol. The van der Waals surface area contributed by atoms with Gasteiger partial charge >= 0.3 is 12.4 Å². The van der Waals surface area contributed by atoms with Crippen LogP contribution in [0.5, 0.6) is 0 Å². The number of pyridine rings is 2. The Morgan fingerprint density at radius 3 is 2.07 bits per heavy atom. The Kier molecular flexibility index (Phi) is 8.39. The number of morpholine rings is 1. The lowest BCUT2D eigenvalue weighted by molar-refractivity contribution is -0.143. The SMILES string of the molecule is CC(NC(=O)c1cc(C(F)(F)F)cc(C(F)(F)F)c1)c1ncccc1-c1ccc(C(=O)N2C[C@@H](C)O[C@@H](C)C2)cn1. The van der Waals surface area contributed by atoms with E-state index in [2.05, 4.69) is 15.3 Å². The number of benzene rings is 1. The highest BCUT2D eigenvalue weighted by Crippen LogP contribution is 2.36. The van der Waals surface area contributed by atoms with Gasteiger partial charge in [-0.2, -0.15) is 26.3 Å². The summed E-state index contributed by atoms with van der Waals surface area (Å²) in [5, 5.41) is 2.42. The molecule has 13 heteroatoms. The average Bonchev–Trinajstić information content (AvgIpc) is 2.91. The number of nitrogens with zero attached hydrogens (tertiary/aromatic N) is 3. The summed E-state index contributed by atoms with van der Waals surface area (Å²) < 4.78 is 85.1. The fraction of sp³-hybridized carbons (Fsp3) is 0.357. The van der Waals surface area contributed by atoms with Crippen molar-refractivity contribution in [2.75, 3.05) is 13.1 Å². The van der Waals surface area contributed by atoms with E-state index in [9.17, 15) is 35.9 Å². The Labute approximate surface area is 231 Å². The summed E-state index contributed by atoms with van der Waals surface area (Å²) in [6.07, 6.45) is -7.57. The number of hydrogen-bond acceptors (Lipinski definition) is 5. The molecule has 2 aromatic heterocycles. The second-order valence-electron chi connectivity index (χ2n) is 9.83. The standard InChI is InChI=1S/C28H26F6N4O3/c1-15-13-38(14-16(2)41-15)26(40)18-6-7-23(36-12-18)22-5-4-8-35-24(22)17(3)37-25(39)19-9-20(27(29,30)31)11-21(10-19)28(32,33)34/h4-12,15-17H,13-14H2,1-3H3,(H,37,39)/t15-,16+,17?. The van der Waals surface area contributed by atoms with Crippen LogP contribution in [0.1, 0.15) is 64.3 Å². The summed E-state index contributed by atoms with van der Waals surface area (Å²) >= 11 is 0. The number of carbonyl (C=O) groups is 2. The Hall–Kier alpha value is -4.00. The zero-order chi connectivity index (χ0) is 30.1. The highest BCUT2D eigenvalue weighted by atomic mass is 19.4. The summed E-state index contributed by atoms with van der Waals surface area (Å²) in [6.45, 7) is 6.12. The van der Waals surface area contributed by atoms with Crippen molar-refractivity contribution in [1.29, 1.82) is 0 Å². The summed E-state index contributed by atoms with van der Waals surface area (Å²) in [5.41, 5.74) is -2.52. The van der Waals surface area contributed by atoms with Crippen molar-refractivity contribution in [3.63, 3.8) is 0 Å². The van der Waals surface area contributed by atoms with Gasteiger partial charge in [0.1, 0.15) is 0 Å². The van der Waals surface area contributed by atoms with Gasteiger partial charge in [-0.05, 0) is 63.2 Å². The van der Waals surface area contributed by atoms with E-state index in [1.54, 1.807) is 29.2 Å². The second kappa shape index (κ2) is 11.5. The van der Waals surface area contributed by atoms with Crippen LogP contribution in [-0.2, 0) is 17.1 Å². The molecule has 0 bridgehead atoms. The van der Waals surface area contributed by atoms with Crippen LogP contribution in [0.2, 0.25) is 0 Å². The molecule has 1 saturated heterocycles. The van der Waals surface area contributed by atoms with Crippen molar-refractivity contribution in [3.05, 3.63) is 82.8 Å². The zero-order valence-electron chi connectivity index (χ0n) is 22.2. The molecule has 1 N–H and O–H groups in total. The maximum absolute atomic E-state index is 13.2. The van der Waals surface area contributed by atoms with Crippen LogP contribution in [0.3, 0.4) is 0 Å². The van der Waals surface area contributed by atoms with Gasteiger partial charge < -0.3 is 15.0 Å². The van der Waals surface area contributed by atoms with Crippen LogP contribution >= 0.6 is 0 Å². The van der Waals surface area contributed by atoms with E-state index < -0.39 is 41.0 Å². The van der Waals surface area contributed by atoms with Crippen LogP contribution < -0.4 is 5.32 Å². The van der Waals surface area contributed by atoms with Crippen molar-refractivity contribution >= 4 is 11.8 Å². The molecule has 3 heterocycles. The minimum Gasteiger partial charge on any atom is -0.372 e. The van der Waals surface area contributed by atoms with E-state index in [0.717, 1.165) is 0 Å². The number of hydrogen-bond donors (Lipinski definition) is 1. The molecule has 4 rings (SSSR count). The van der Waals surface area contributed by atoms with Crippen molar-refractivity contribution in [1.82, 2.24) is 20.2 Å². The smallest absolute Gasteiger partial charge is 0.372 e. The minimum absolute atomic E-state index is 0.0443. The Bertz CT molecular complexity index is 1380. The van der Waals surface area contributed by atoms with Crippen molar-refractivity contribution < 1.29 is 40.7 Å². The van der Waals surface area contributed by atoms with Crippen molar-refractivity contribution in [3.8, 4) is 11.3 Å². The first-order valence-corrected chi connectivity index (χ1v) is 12.6. The maximum atomic E-state index is 13.2. The number of nitrogens with one attached hydrogen (secondary N) is 1. The van der Waals surface area contributed by atoms with Gasteiger partial charge in [-0.1, -0.05) is 0 Å². The third kappa shape index (κ3) is 7.02. The number of halogens is 6. The van der Waals surface area contributed by atoms with Crippen LogP contribution in [0, 0.1) is 0 Å². The Morgan fingerprint density at radius 2 is 1.54 bits per heavy atom. The molecule has 41 heavy (non-hydrogen) atoms. The van der Waals surface area contributed by atoms with Gasteiger partial charge in [-0.3, -0.25) is 19.6 Å². The summed E-state index contributed by atoms with van der Waals surface area (Å²) in [7, 11) is 0. The van der Waals surface area contributed by atoms with Crippen molar-refractivity contribution in [2.45, 2.75) is 51.4 Å². The first-order chi connectivity index (χ1) is 19.1. The van der Waals surface area contributed by atoms with Gasteiger partial charge in [-0.25, -0.2) is 0 Å². The predicted octanol–water partition coefficient (Wildman–Crippen LogP) is 5.92. The van der Waals surface area contributed by atoms with E-state index in [-0.39, 0.29) is 29.9 Å². The quantitative estimate of drug-likeness (QED) is 0.379. The van der Waals surface area contributed by atoms with Gasteiger partial charge in [-0.15, -0.1) is 0 Å². The molecule has 1 aliphatic heterocycles. The van der Waals surface area contributed by atoms with Crippen LogP contribution in [-0.4, -0.2) is 52.0 Å². The summed E-state index contributed by atoms with van der Waals surface area (Å²) in [6, 6.07) is 6.20. The molecule has 2 amide bonds. The number of ether oxygens (including phenoxy) is 1. The lowest BCUT2D eigenvalue weighted by Crippen LogP contribution is -2.48. The zero-order valence-corrected chi connectivity index (χ0v) is 22.2. The van der Waals surface area contributed by atoms with E-state index in [0.29, 0.717) is 42.0 Å². The van der Waals surface area contributed by atoms with Gasteiger partial charge in [0.05, 0.1) is 46.3 Å². The monoisotopic (exact) mass is 580 g/mol. The minimum atomic E-state index is -5.09. The Morgan fingerprint density at radius 1 is 0.927 bits per heavy atom. The van der Waals surface area contributed by atoms with Crippen molar-refractivity contribution in [2.24, 2.45) is 0 Å². The normalized spacial score (nSPS) is 18.6. The molecule has 0 spiro atoms. The molecule has 7 nitrogen and oxygen atoms in total. The number of carbonyl (C=O) groups excluding carboxylic acids is 2. The van der Waals surface area contributed by atoms with E-state index in [4.69, 9.17) is 4.74 Å². The molecule has 0 aliphatic carbocycles. The summed E-state index contributed by atoms with van der Waals surface area (Å²) in [4.78, 5) is 36.1. The van der Waals surface area contributed by atoms with E-state index >= 15 is 0 Å². The van der Waals surface area contributed by atoms with Crippen LogP contribution in [0.15, 0.2) is 54.9 Å². The number of rotatable bonds is 5. The van der Waals surface area contributed by atoms with Crippen LogP contribution in [0.4, 0.5) is 26.3 Å². The molecule has 3 aromatic rings. The second-order valence-corrected chi connectivity index (χ2v) is 9.83. The molecule has 0 saturated carbocycles. The first kappa shape index (κ1) is 30.0. The maximum Gasteiger partial charge on any atom is 0.416 e. The molecule has 1 fully saturated rings. The highest BCUT2D eigenvalue weighted by Gasteiger charge is 2.37. The molecule has 0 radical (unpaired) electrons. The molecule has 218 valence electrons. The number of amides is 2. The Balaban J connectivity index is 1.56. The molecule has 1 aromatic carbocycles. The van der Waals surface area contributed by atoms with Gasteiger partial charge in [0, 0.05) is 36.6 Å². The molecule has 1 unspecified atom stereocenters. The lowest BCUT2D eigenvalue weighted by Gasteiger charge is -2.35. The molecular formula is C28H26F6N4O3. The lowest BCUT2D eigenvalue weighted by atomic mass is 10.0. The topological polar surface area (TPSA) is 84.4 Å². The fourth-order valence-corrected chi connectivity index (χ4v) is 4.62. The number of alkyl halides is 6. The number of aromatic nitrogens is 2. The van der Waals surface area contributed by atoms with Gasteiger partial charge in [0.2, 0.25) is 0 Å². The predicted molar refractivity (Wildman–Crippen MR) is 136 cm³/mol. The third-order valence-electron chi connectivity index (χ3n) is 6.44.